The minimum absolute atomic E-state index is 0.259. The smallest absolute Gasteiger partial charge is 0.230 e. The summed E-state index contributed by atoms with van der Waals surface area (Å²) in [5.41, 5.74) is 11.3. The van der Waals surface area contributed by atoms with Gasteiger partial charge in [0, 0.05) is 35.1 Å². The predicted molar refractivity (Wildman–Crippen MR) is 145 cm³/mol. The minimum Gasteiger partial charge on any atom is -0.491 e. The highest BCUT2D eigenvalue weighted by Gasteiger charge is 2.36. The lowest BCUT2D eigenvalue weighted by atomic mass is 10.1. The molecule has 1 amide bonds. The summed E-state index contributed by atoms with van der Waals surface area (Å²) in [4.78, 5) is 20.8. The highest BCUT2D eigenvalue weighted by Crippen LogP contribution is 2.38. The maximum absolute atomic E-state index is 12.6. The maximum Gasteiger partial charge on any atom is 0.230 e. The zero-order valence-corrected chi connectivity index (χ0v) is 21.8. The van der Waals surface area contributed by atoms with E-state index in [0.717, 1.165) is 67.8 Å². The Labute approximate surface area is 217 Å². The van der Waals surface area contributed by atoms with Gasteiger partial charge in [0.1, 0.15) is 12.4 Å². The molecule has 1 aliphatic heterocycles. The van der Waals surface area contributed by atoms with Crippen molar-refractivity contribution in [3.8, 4) is 17.0 Å². The van der Waals surface area contributed by atoms with Crippen molar-refractivity contribution < 1.29 is 14.3 Å². The largest absolute Gasteiger partial charge is 0.491 e. The lowest BCUT2D eigenvalue weighted by Crippen LogP contribution is -2.30. The fourth-order valence-corrected chi connectivity index (χ4v) is 5.79. The van der Waals surface area contributed by atoms with Crippen molar-refractivity contribution in [3.05, 3.63) is 63.5 Å². The monoisotopic (exact) mass is 505 g/mol. The van der Waals surface area contributed by atoms with E-state index in [1.165, 1.54) is 21.0 Å². The standard InChI is InChI=1S/C29H35N3O3S/c1-20-28(24-10-11-26-23(19-24)12-14-32(26)29(33)22-8-9-22)31-27(36-20)7-3-5-21-4-2-6-25(18-21)35-17-16-34-15-13-30/h2,4,6,10-11,18-19,22H,3,5,7-9,12-17,30H2,1H3. The van der Waals surface area contributed by atoms with Crippen LogP contribution in [0.4, 0.5) is 5.69 Å². The highest BCUT2D eigenvalue weighted by molar-refractivity contribution is 7.12. The zero-order chi connectivity index (χ0) is 24.9. The van der Waals surface area contributed by atoms with Gasteiger partial charge in [-0.3, -0.25) is 4.79 Å². The molecule has 0 unspecified atom stereocenters. The molecule has 1 aliphatic carbocycles. The lowest BCUT2D eigenvalue weighted by Gasteiger charge is -2.17. The first-order valence-electron chi connectivity index (χ1n) is 13.0. The fourth-order valence-electron chi connectivity index (χ4n) is 4.79. The third kappa shape index (κ3) is 5.97. The summed E-state index contributed by atoms with van der Waals surface area (Å²) in [6.45, 7) is 5.14. The van der Waals surface area contributed by atoms with E-state index >= 15 is 0 Å². The number of carbonyl (C=O) groups is 1. The Hall–Kier alpha value is -2.74. The number of hydrogen-bond acceptors (Lipinski definition) is 6. The summed E-state index contributed by atoms with van der Waals surface area (Å²) < 4.78 is 11.2. The average Bonchev–Trinajstić information content (AvgIpc) is 3.55. The van der Waals surface area contributed by atoms with Crippen molar-refractivity contribution in [2.24, 2.45) is 11.7 Å². The molecular formula is C29H35N3O3S. The van der Waals surface area contributed by atoms with E-state index in [0.29, 0.717) is 32.3 Å². The molecule has 7 heteroatoms. The first kappa shape index (κ1) is 24.9. The molecule has 1 aromatic heterocycles. The van der Waals surface area contributed by atoms with Crippen molar-refractivity contribution in [1.82, 2.24) is 4.98 Å². The molecule has 3 aromatic rings. The molecule has 0 bridgehead atoms. The van der Waals surface area contributed by atoms with E-state index in [9.17, 15) is 4.79 Å². The van der Waals surface area contributed by atoms with Gasteiger partial charge in [0.2, 0.25) is 5.91 Å². The average molecular weight is 506 g/mol. The molecule has 2 aliphatic rings. The van der Waals surface area contributed by atoms with Gasteiger partial charge >= 0.3 is 0 Å². The second-order valence-electron chi connectivity index (χ2n) is 9.62. The molecule has 1 fully saturated rings. The number of thiazole rings is 1. The van der Waals surface area contributed by atoms with Crippen LogP contribution >= 0.6 is 11.3 Å². The maximum atomic E-state index is 12.6. The molecule has 0 atom stereocenters. The van der Waals surface area contributed by atoms with Crippen molar-refractivity contribution in [1.29, 1.82) is 0 Å². The van der Waals surface area contributed by atoms with Gasteiger partial charge in [-0.15, -0.1) is 11.3 Å². The molecule has 36 heavy (non-hydrogen) atoms. The Balaban J connectivity index is 1.16. The number of aromatic nitrogens is 1. The second-order valence-corrected chi connectivity index (χ2v) is 10.9. The lowest BCUT2D eigenvalue weighted by molar-refractivity contribution is -0.119. The van der Waals surface area contributed by atoms with Gasteiger partial charge in [0.15, 0.2) is 0 Å². The number of fused-ring (bicyclic) bond motifs is 1. The molecule has 0 spiro atoms. The van der Waals surface area contributed by atoms with Gasteiger partial charge in [-0.05, 0) is 80.8 Å². The summed E-state index contributed by atoms with van der Waals surface area (Å²) in [7, 11) is 0. The number of anilines is 1. The summed E-state index contributed by atoms with van der Waals surface area (Å²) >= 11 is 1.79. The van der Waals surface area contributed by atoms with E-state index in [4.69, 9.17) is 20.2 Å². The number of carbonyl (C=O) groups excluding carboxylic acids is 1. The Morgan fingerprint density at radius 3 is 2.86 bits per heavy atom. The first-order valence-corrected chi connectivity index (χ1v) is 13.8. The highest BCUT2D eigenvalue weighted by atomic mass is 32.1. The Kier molecular flexibility index (Phi) is 7.99. The van der Waals surface area contributed by atoms with E-state index < -0.39 is 0 Å². The number of aryl methyl sites for hydroxylation is 3. The second kappa shape index (κ2) is 11.5. The quantitative estimate of drug-likeness (QED) is 0.353. The van der Waals surface area contributed by atoms with E-state index in [2.05, 4.69) is 37.3 Å². The summed E-state index contributed by atoms with van der Waals surface area (Å²) in [6.07, 6.45) is 6.01. The third-order valence-corrected chi connectivity index (χ3v) is 7.83. The third-order valence-electron chi connectivity index (χ3n) is 6.80. The minimum atomic E-state index is 0.259. The van der Waals surface area contributed by atoms with Crippen LogP contribution in [-0.2, 0) is 28.8 Å². The van der Waals surface area contributed by atoms with Crippen molar-refractivity contribution >= 4 is 22.9 Å². The van der Waals surface area contributed by atoms with Crippen LogP contribution in [0.2, 0.25) is 0 Å². The van der Waals surface area contributed by atoms with E-state index in [1.807, 2.05) is 17.0 Å². The number of nitrogens with zero attached hydrogens (tertiary/aromatic N) is 2. The molecule has 6 nitrogen and oxygen atoms in total. The topological polar surface area (TPSA) is 77.7 Å². The van der Waals surface area contributed by atoms with Gasteiger partial charge in [0.05, 0.1) is 23.9 Å². The predicted octanol–water partition coefficient (Wildman–Crippen LogP) is 4.95. The van der Waals surface area contributed by atoms with Crippen molar-refractivity contribution in [2.75, 3.05) is 37.8 Å². The fraction of sp³-hybridized carbons (Fsp3) is 0.448. The van der Waals surface area contributed by atoms with Gasteiger partial charge in [-0.25, -0.2) is 4.98 Å². The molecule has 2 heterocycles. The number of nitrogens with two attached hydrogens (primary N) is 1. The van der Waals surface area contributed by atoms with Crippen LogP contribution in [0.5, 0.6) is 5.75 Å². The van der Waals surface area contributed by atoms with Gasteiger partial charge < -0.3 is 20.1 Å². The first-order chi connectivity index (χ1) is 17.6. The summed E-state index contributed by atoms with van der Waals surface area (Å²) in [5, 5.41) is 1.18. The summed E-state index contributed by atoms with van der Waals surface area (Å²) in [6, 6.07) is 14.8. The number of ether oxygens (including phenoxy) is 2. The Morgan fingerprint density at radius 2 is 2.03 bits per heavy atom. The van der Waals surface area contributed by atoms with Crippen LogP contribution in [0.3, 0.4) is 0 Å². The van der Waals surface area contributed by atoms with Crippen molar-refractivity contribution in [2.45, 2.75) is 45.4 Å². The SMILES string of the molecule is Cc1sc(CCCc2cccc(OCCOCCN)c2)nc1-c1ccc2c(c1)CCN2C(=O)C1CC1. The number of benzene rings is 2. The molecule has 2 aromatic carbocycles. The van der Waals surface area contributed by atoms with Gasteiger partial charge in [-0.2, -0.15) is 0 Å². The molecule has 5 rings (SSSR count). The molecule has 2 N–H and O–H groups in total. The summed E-state index contributed by atoms with van der Waals surface area (Å²) in [5.74, 6) is 1.45. The Bertz CT molecular complexity index is 1200. The number of hydrogen-bond donors (Lipinski definition) is 1. The Morgan fingerprint density at radius 1 is 1.14 bits per heavy atom. The van der Waals surface area contributed by atoms with Gasteiger partial charge in [-0.1, -0.05) is 18.2 Å². The van der Waals surface area contributed by atoms with Gasteiger partial charge in [0.25, 0.3) is 0 Å². The van der Waals surface area contributed by atoms with E-state index in [1.54, 1.807) is 11.3 Å². The normalized spacial score (nSPS) is 14.8. The molecular weight excluding hydrogens is 470 g/mol. The van der Waals surface area contributed by atoms with Crippen LogP contribution in [-0.4, -0.2) is 43.8 Å². The molecule has 0 saturated heterocycles. The van der Waals surface area contributed by atoms with Crippen LogP contribution in [0.1, 0.15) is 40.3 Å². The van der Waals surface area contributed by atoms with E-state index in [-0.39, 0.29) is 5.92 Å². The van der Waals surface area contributed by atoms with Crippen LogP contribution in [0.25, 0.3) is 11.3 Å². The molecule has 190 valence electrons. The number of rotatable bonds is 12. The number of amides is 1. The van der Waals surface area contributed by atoms with Crippen LogP contribution in [0, 0.1) is 12.8 Å². The van der Waals surface area contributed by atoms with Crippen molar-refractivity contribution in [3.63, 3.8) is 0 Å². The molecule has 1 saturated carbocycles. The zero-order valence-electron chi connectivity index (χ0n) is 21.0. The molecule has 0 radical (unpaired) electrons. The van der Waals surface area contributed by atoms with Crippen LogP contribution in [0.15, 0.2) is 42.5 Å². The van der Waals surface area contributed by atoms with Crippen LogP contribution < -0.4 is 15.4 Å².